The van der Waals surface area contributed by atoms with Crippen molar-refractivity contribution in [1.29, 1.82) is 0 Å². The molecule has 1 unspecified atom stereocenters. The normalized spacial score (nSPS) is 17.2. The van der Waals surface area contributed by atoms with Crippen LogP contribution >= 0.6 is 22.9 Å². The molecule has 2 heterocycles. The van der Waals surface area contributed by atoms with E-state index in [0.717, 1.165) is 14.8 Å². The van der Waals surface area contributed by atoms with Crippen LogP contribution in [0, 0.1) is 12.8 Å². The van der Waals surface area contributed by atoms with Crippen LogP contribution in [0.2, 0.25) is 4.34 Å². The molecule has 0 spiro atoms. The summed E-state index contributed by atoms with van der Waals surface area (Å²) in [6.45, 7) is 3.61. The number of aryl methyl sites for hydroxylation is 1. The lowest BCUT2D eigenvalue weighted by molar-refractivity contribution is -0.135. The minimum atomic E-state index is -0.265. The Balaban J connectivity index is 1.59. The third-order valence-corrected chi connectivity index (χ3v) is 5.67. The zero-order chi connectivity index (χ0) is 18.0. The van der Waals surface area contributed by atoms with E-state index in [-0.39, 0.29) is 17.7 Å². The van der Waals surface area contributed by atoms with E-state index in [9.17, 15) is 9.59 Å². The fraction of sp³-hybridized carbons (Fsp3) is 0.368. The first-order chi connectivity index (χ1) is 11.9. The van der Waals surface area contributed by atoms with Gasteiger partial charge in [0.2, 0.25) is 11.8 Å². The topological polar surface area (TPSA) is 40.6 Å². The number of hydrogen-bond acceptors (Lipinski definition) is 3. The zero-order valence-corrected chi connectivity index (χ0v) is 15.9. The number of rotatable bonds is 5. The van der Waals surface area contributed by atoms with Gasteiger partial charge in [0.05, 0.1) is 16.8 Å². The Hall–Kier alpha value is -1.85. The molecule has 3 rings (SSSR count). The Morgan fingerprint density at radius 3 is 2.64 bits per heavy atom. The number of carbonyl (C=O) groups is 2. The highest BCUT2D eigenvalue weighted by atomic mass is 35.5. The van der Waals surface area contributed by atoms with E-state index in [2.05, 4.69) is 0 Å². The standard InChI is InChI=1S/C19H21ClN2O2S/c1-13-3-5-14(6-4-13)10-22-11-15(9-18(22)23)19(24)21(2)12-16-7-8-17(20)25-16/h3-8,15H,9-12H2,1-2H3. The van der Waals surface area contributed by atoms with Crippen LogP contribution in [-0.2, 0) is 22.7 Å². The highest BCUT2D eigenvalue weighted by molar-refractivity contribution is 7.16. The molecule has 25 heavy (non-hydrogen) atoms. The molecular formula is C19H21ClN2O2S. The summed E-state index contributed by atoms with van der Waals surface area (Å²) < 4.78 is 0.719. The van der Waals surface area contributed by atoms with Crippen LogP contribution < -0.4 is 0 Å². The van der Waals surface area contributed by atoms with Crippen molar-refractivity contribution in [3.63, 3.8) is 0 Å². The number of halogens is 1. The smallest absolute Gasteiger partial charge is 0.228 e. The van der Waals surface area contributed by atoms with Gasteiger partial charge in [0.15, 0.2) is 0 Å². The Labute approximate surface area is 157 Å². The van der Waals surface area contributed by atoms with Gasteiger partial charge in [0, 0.05) is 31.4 Å². The predicted octanol–water partition coefficient (Wildman–Crippen LogP) is 3.72. The second kappa shape index (κ2) is 7.58. The Bertz CT molecular complexity index is 772. The average Bonchev–Trinajstić information content (AvgIpc) is 3.15. The molecule has 1 aromatic carbocycles. The van der Waals surface area contributed by atoms with Gasteiger partial charge in [0.1, 0.15) is 0 Å². The van der Waals surface area contributed by atoms with Gasteiger partial charge in [-0.25, -0.2) is 0 Å². The van der Waals surface area contributed by atoms with Gasteiger partial charge in [-0.3, -0.25) is 9.59 Å². The molecule has 6 heteroatoms. The Morgan fingerprint density at radius 2 is 2.00 bits per heavy atom. The van der Waals surface area contributed by atoms with Crippen molar-refractivity contribution in [1.82, 2.24) is 9.80 Å². The van der Waals surface area contributed by atoms with Crippen LogP contribution in [0.25, 0.3) is 0 Å². The quantitative estimate of drug-likeness (QED) is 0.798. The molecule has 2 aromatic rings. The van der Waals surface area contributed by atoms with E-state index in [4.69, 9.17) is 11.6 Å². The summed E-state index contributed by atoms with van der Waals surface area (Å²) >= 11 is 7.41. The van der Waals surface area contributed by atoms with E-state index in [1.165, 1.54) is 16.9 Å². The molecule has 1 saturated heterocycles. The highest BCUT2D eigenvalue weighted by Crippen LogP contribution is 2.25. The number of carbonyl (C=O) groups excluding carboxylic acids is 2. The van der Waals surface area contributed by atoms with Crippen molar-refractivity contribution in [2.24, 2.45) is 5.92 Å². The molecule has 0 radical (unpaired) electrons. The van der Waals surface area contributed by atoms with Crippen LogP contribution in [0.5, 0.6) is 0 Å². The Morgan fingerprint density at radius 1 is 1.28 bits per heavy atom. The molecule has 1 aliphatic heterocycles. The van der Waals surface area contributed by atoms with Crippen LogP contribution in [0.15, 0.2) is 36.4 Å². The van der Waals surface area contributed by atoms with Crippen molar-refractivity contribution in [3.05, 3.63) is 56.7 Å². The van der Waals surface area contributed by atoms with Gasteiger partial charge in [-0.05, 0) is 24.6 Å². The molecule has 0 N–H and O–H groups in total. The van der Waals surface area contributed by atoms with Crippen LogP contribution in [0.3, 0.4) is 0 Å². The molecule has 1 aromatic heterocycles. The van der Waals surface area contributed by atoms with Gasteiger partial charge in [-0.15, -0.1) is 11.3 Å². The summed E-state index contributed by atoms with van der Waals surface area (Å²) in [6.07, 6.45) is 0.292. The van der Waals surface area contributed by atoms with Crippen molar-refractivity contribution >= 4 is 34.8 Å². The lowest BCUT2D eigenvalue weighted by atomic mass is 10.1. The lowest BCUT2D eigenvalue weighted by Gasteiger charge is -2.21. The molecule has 0 aliphatic carbocycles. The Kier molecular flexibility index (Phi) is 5.45. The second-order valence-electron chi connectivity index (χ2n) is 6.56. The summed E-state index contributed by atoms with van der Waals surface area (Å²) in [5.74, 6) is -0.200. The minimum absolute atomic E-state index is 0.0179. The molecule has 1 atom stereocenters. The van der Waals surface area contributed by atoms with Crippen molar-refractivity contribution in [2.75, 3.05) is 13.6 Å². The maximum atomic E-state index is 12.7. The van der Waals surface area contributed by atoms with Crippen molar-refractivity contribution in [2.45, 2.75) is 26.4 Å². The summed E-state index contributed by atoms with van der Waals surface area (Å²) in [4.78, 5) is 29.5. The highest BCUT2D eigenvalue weighted by Gasteiger charge is 2.35. The number of likely N-dealkylation sites (tertiary alicyclic amines) is 1. The zero-order valence-electron chi connectivity index (χ0n) is 14.4. The number of benzene rings is 1. The number of thiophene rings is 1. The maximum absolute atomic E-state index is 12.7. The largest absolute Gasteiger partial charge is 0.340 e. The van der Waals surface area contributed by atoms with Crippen LogP contribution in [-0.4, -0.2) is 35.2 Å². The predicted molar refractivity (Wildman–Crippen MR) is 101 cm³/mol. The van der Waals surface area contributed by atoms with Crippen molar-refractivity contribution in [3.8, 4) is 0 Å². The minimum Gasteiger partial charge on any atom is -0.340 e. The molecule has 2 amide bonds. The molecule has 1 aliphatic rings. The molecule has 4 nitrogen and oxygen atoms in total. The van der Waals surface area contributed by atoms with Gasteiger partial charge in [-0.1, -0.05) is 41.4 Å². The fourth-order valence-electron chi connectivity index (χ4n) is 3.06. The average molecular weight is 377 g/mol. The summed E-state index contributed by atoms with van der Waals surface area (Å²) in [5.41, 5.74) is 2.29. The monoisotopic (exact) mass is 376 g/mol. The van der Waals surface area contributed by atoms with Crippen LogP contribution in [0.4, 0.5) is 0 Å². The van der Waals surface area contributed by atoms with E-state index in [1.807, 2.05) is 43.3 Å². The van der Waals surface area contributed by atoms with E-state index in [1.54, 1.807) is 16.8 Å². The molecule has 0 saturated carbocycles. The fourth-order valence-corrected chi connectivity index (χ4v) is 4.21. The van der Waals surface area contributed by atoms with E-state index >= 15 is 0 Å². The second-order valence-corrected chi connectivity index (χ2v) is 8.36. The first-order valence-electron chi connectivity index (χ1n) is 8.25. The maximum Gasteiger partial charge on any atom is 0.228 e. The molecule has 1 fully saturated rings. The first-order valence-corrected chi connectivity index (χ1v) is 9.44. The number of amides is 2. The lowest BCUT2D eigenvalue weighted by Crippen LogP contribution is -2.34. The molecular weight excluding hydrogens is 356 g/mol. The summed E-state index contributed by atoms with van der Waals surface area (Å²) in [7, 11) is 1.78. The third-order valence-electron chi connectivity index (χ3n) is 4.46. The first kappa shape index (κ1) is 18.0. The van der Waals surface area contributed by atoms with E-state index in [0.29, 0.717) is 26.1 Å². The van der Waals surface area contributed by atoms with Crippen molar-refractivity contribution < 1.29 is 9.59 Å². The van der Waals surface area contributed by atoms with Gasteiger partial charge >= 0.3 is 0 Å². The number of nitrogens with zero attached hydrogens (tertiary/aromatic N) is 2. The van der Waals surface area contributed by atoms with Gasteiger partial charge < -0.3 is 9.80 Å². The SMILES string of the molecule is Cc1ccc(CN2CC(C(=O)N(C)Cc3ccc(Cl)s3)CC2=O)cc1. The summed E-state index contributed by atoms with van der Waals surface area (Å²) in [6, 6.07) is 11.9. The number of hydrogen-bond donors (Lipinski definition) is 0. The molecule has 0 bridgehead atoms. The third kappa shape index (κ3) is 4.41. The van der Waals surface area contributed by atoms with Gasteiger partial charge in [-0.2, -0.15) is 0 Å². The van der Waals surface area contributed by atoms with Gasteiger partial charge in [0.25, 0.3) is 0 Å². The van der Waals surface area contributed by atoms with E-state index < -0.39 is 0 Å². The van der Waals surface area contributed by atoms with Crippen LogP contribution in [0.1, 0.15) is 22.4 Å². The summed E-state index contributed by atoms with van der Waals surface area (Å²) in [5, 5.41) is 0. The molecule has 132 valence electrons.